The average molecular weight is 313 g/mol. The maximum Gasteiger partial charge on any atom is 0.191 e. The lowest BCUT2D eigenvalue weighted by Gasteiger charge is -2.23. The number of nitrogens with zero attached hydrogens (tertiary/aromatic N) is 1. The Labute approximate surface area is 139 Å². The van der Waals surface area contributed by atoms with Crippen molar-refractivity contribution in [2.24, 2.45) is 0 Å². The smallest absolute Gasteiger partial charge is 0.191 e. The Kier molecular flexibility index (Phi) is 2.72. The largest absolute Gasteiger partial charge is 0.348 e. The first-order valence-corrected chi connectivity index (χ1v) is 8.15. The van der Waals surface area contributed by atoms with Crippen molar-refractivity contribution in [2.45, 2.75) is 6.30 Å². The predicted molar refractivity (Wildman–Crippen MR) is 99.9 cm³/mol. The van der Waals surface area contributed by atoms with Crippen LogP contribution in [0, 0.1) is 0 Å². The van der Waals surface area contributed by atoms with Crippen LogP contribution in [0.5, 0.6) is 0 Å². The summed E-state index contributed by atoms with van der Waals surface area (Å²) in [6.45, 7) is 0. The van der Waals surface area contributed by atoms with Crippen LogP contribution in [0.15, 0.2) is 72.9 Å². The molecule has 4 aromatic rings. The third-order valence-electron chi connectivity index (χ3n) is 5.04. The van der Waals surface area contributed by atoms with Gasteiger partial charge >= 0.3 is 0 Å². The van der Waals surface area contributed by atoms with Crippen LogP contribution in [0.25, 0.3) is 37.9 Å². The van der Waals surface area contributed by atoms with Crippen LogP contribution >= 0.6 is 0 Å². The van der Waals surface area contributed by atoms with Crippen LogP contribution in [0.1, 0.15) is 5.56 Å². The molecule has 0 radical (unpaired) electrons. The molecule has 2 heteroatoms. The predicted octanol–water partition coefficient (Wildman–Crippen LogP) is 5.72. The molecule has 4 aromatic carbocycles. The molecule has 1 atom stereocenters. The Morgan fingerprint density at radius 3 is 2.25 bits per heavy atom. The normalized spacial score (nSPS) is 18.0. The average Bonchev–Trinajstić information content (AvgIpc) is 2.62. The van der Waals surface area contributed by atoms with Gasteiger partial charge in [-0.05, 0) is 55.6 Å². The highest BCUT2D eigenvalue weighted by molar-refractivity contribution is 6.24. The first-order chi connectivity index (χ1) is 11.7. The van der Waals surface area contributed by atoms with E-state index in [9.17, 15) is 4.39 Å². The van der Waals surface area contributed by atoms with E-state index in [1.807, 2.05) is 6.08 Å². The van der Waals surface area contributed by atoms with Crippen molar-refractivity contribution < 1.29 is 4.39 Å². The minimum atomic E-state index is -1.08. The van der Waals surface area contributed by atoms with Crippen LogP contribution in [-0.2, 0) is 0 Å². The topological polar surface area (TPSA) is 3.24 Å². The summed E-state index contributed by atoms with van der Waals surface area (Å²) in [6.07, 6.45) is 4.40. The van der Waals surface area contributed by atoms with Gasteiger partial charge in [-0.3, -0.25) is 0 Å². The van der Waals surface area contributed by atoms with E-state index in [0.29, 0.717) is 0 Å². The first kappa shape index (κ1) is 13.6. The standard InChI is InChI=1S/C22H16FN/c1-24-12-11-17(13-20(24)23)18-9-7-16-6-5-14-3-2-4-15-8-10-19(18)22(16)21(14)15/h2-13,20H,1H3. The molecular formula is C22H16FN. The number of likely N-dealkylation sites (N-methyl/N-ethyl adjacent to an activating group) is 1. The molecule has 0 N–H and O–H groups in total. The molecule has 1 heterocycles. The second-order valence-corrected chi connectivity index (χ2v) is 6.45. The lowest BCUT2D eigenvalue weighted by molar-refractivity contribution is 0.209. The summed E-state index contributed by atoms with van der Waals surface area (Å²) in [4.78, 5) is 1.57. The van der Waals surface area contributed by atoms with Gasteiger partial charge in [-0.2, -0.15) is 0 Å². The van der Waals surface area contributed by atoms with Gasteiger partial charge in [0.05, 0.1) is 0 Å². The summed E-state index contributed by atoms with van der Waals surface area (Å²) in [6, 6.07) is 19.3. The molecule has 0 aliphatic carbocycles. The minimum absolute atomic E-state index is 0.943. The molecular weight excluding hydrogens is 297 g/mol. The molecule has 0 spiro atoms. The van der Waals surface area contributed by atoms with Crippen LogP contribution < -0.4 is 0 Å². The molecule has 0 bridgehead atoms. The van der Waals surface area contributed by atoms with Gasteiger partial charge < -0.3 is 4.90 Å². The summed E-state index contributed by atoms with van der Waals surface area (Å²) >= 11 is 0. The maximum absolute atomic E-state index is 14.1. The van der Waals surface area contributed by atoms with Gasteiger partial charge in [-0.1, -0.05) is 54.6 Å². The summed E-state index contributed by atoms with van der Waals surface area (Å²) in [5.74, 6) is 0. The SMILES string of the molecule is CN1C=CC(c2ccc3ccc4cccc5ccc2c3c45)=CC1F. The Bertz CT molecular complexity index is 1120. The Morgan fingerprint density at radius 1 is 0.833 bits per heavy atom. The molecule has 0 amide bonds. The van der Waals surface area contributed by atoms with Gasteiger partial charge in [0, 0.05) is 13.2 Å². The summed E-state index contributed by atoms with van der Waals surface area (Å²) in [5, 5.41) is 7.48. The van der Waals surface area contributed by atoms with E-state index in [1.54, 1.807) is 24.2 Å². The van der Waals surface area contributed by atoms with Gasteiger partial charge in [-0.15, -0.1) is 0 Å². The fourth-order valence-electron chi connectivity index (χ4n) is 3.77. The van der Waals surface area contributed by atoms with Gasteiger partial charge in [0.15, 0.2) is 6.30 Å². The van der Waals surface area contributed by atoms with Gasteiger partial charge in [0.2, 0.25) is 0 Å². The Morgan fingerprint density at radius 2 is 1.50 bits per heavy atom. The van der Waals surface area contributed by atoms with Crippen molar-refractivity contribution in [3.8, 4) is 0 Å². The molecule has 1 nitrogen and oxygen atoms in total. The van der Waals surface area contributed by atoms with Crippen LogP contribution in [0.2, 0.25) is 0 Å². The molecule has 0 fully saturated rings. The Balaban J connectivity index is 1.88. The molecule has 1 unspecified atom stereocenters. The number of allylic oxidation sites excluding steroid dienone is 2. The van der Waals surface area contributed by atoms with E-state index in [2.05, 4.69) is 54.6 Å². The number of rotatable bonds is 1. The maximum atomic E-state index is 14.1. The van der Waals surface area contributed by atoms with Crippen LogP contribution in [-0.4, -0.2) is 18.2 Å². The number of alkyl halides is 1. The number of halogens is 1. The zero-order chi connectivity index (χ0) is 16.3. The van der Waals surface area contributed by atoms with Crippen molar-refractivity contribution in [2.75, 3.05) is 7.05 Å². The lowest BCUT2D eigenvalue weighted by Crippen LogP contribution is -2.22. The van der Waals surface area contributed by atoms with Crippen molar-refractivity contribution in [3.05, 3.63) is 78.5 Å². The zero-order valence-electron chi connectivity index (χ0n) is 13.3. The second kappa shape index (κ2) is 4.81. The van der Waals surface area contributed by atoms with Crippen LogP contribution in [0.4, 0.5) is 4.39 Å². The van der Waals surface area contributed by atoms with Crippen molar-refractivity contribution in [3.63, 3.8) is 0 Å². The van der Waals surface area contributed by atoms with E-state index < -0.39 is 6.30 Å². The molecule has 0 aromatic heterocycles. The van der Waals surface area contributed by atoms with Gasteiger partial charge in [0.25, 0.3) is 0 Å². The van der Waals surface area contributed by atoms with Crippen molar-refractivity contribution >= 4 is 37.9 Å². The minimum Gasteiger partial charge on any atom is -0.348 e. The fraction of sp³-hybridized carbons (Fsp3) is 0.0909. The molecule has 0 saturated heterocycles. The van der Waals surface area contributed by atoms with E-state index in [1.165, 1.54) is 32.3 Å². The highest BCUT2D eigenvalue weighted by Gasteiger charge is 2.16. The van der Waals surface area contributed by atoms with E-state index in [0.717, 1.165) is 11.1 Å². The van der Waals surface area contributed by atoms with Crippen molar-refractivity contribution in [1.29, 1.82) is 0 Å². The number of hydrogen-bond acceptors (Lipinski definition) is 1. The first-order valence-electron chi connectivity index (χ1n) is 8.15. The Hall–Kier alpha value is -2.87. The van der Waals surface area contributed by atoms with E-state index >= 15 is 0 Å². The van der Waals surface area contributed by atoms with E-state index in [4.69, 9.17) is 0 Å². The zero-order valence-corrected chi connectivity index (χ0v) is 13.3. The monoisotopic (exact) mass is 313 g/mol. The number of hydrogen-bond donors (Lipinski definition) is 0. The summed E-state index contributed by atoms with van der Waals surface area (Å²) < 4.78 is 14.1. The lowest BCUT2D eigenvalue weighted by atomic mass is 9.89. The molecule has 1 aliphatic rings. The molecule has 24 heavy (non-hydrogen) atoms. The third kappa shape index (κ3) is 1.80. The number of benzene rings is 4. The van der Waals surface area contributed by atoms with Gasteiger partial charge in [-0.25, -0.2) is 4.39 Å². The molecule has 116 valence electrons. The fourth-order valence-corrected chi connectivity index (χ4v) is 3.77. The highest BCUT2D eigenvalue weighted by Crippen LogP contribution is 2.38. The molecule has 1 aliphatic heterocycles. The van der Waals surface area contributed by atoms with Crippen molar-refractivity contribution in [1.82, 2.24) is 4.90 Å². The molecule has 5 rings (SSSR count). The second-order valence-electron chi connectivity index (χ2n) is 6.45. The van der Waals surface area contributed by atoms with Gasteiger partial charge in [0.1, 0.15) is 0 Å². The highest BCUT2D eigenvalue weighted by atomic mass is 19.1. The summed E-state index contributed by atoms with van der Waals surface area (Å²) in [7, 11) is 1.75. The molecule has 0 saturated carbocycles. The third-order valence-corrected chi connectivity index (χ3v) is 5.04. The quantitative estimate of drug-likeness (QED) is 0.321. The summed E-state index contributed by atoms with van der Waals surface area (Å²) in [5.41, 5.74) is 2.03. The van der Waals surface area contributed by atoms with E-state index in [-0.39, 0.29) is 0 Å². The van der Waals surface area contributed by atoms with Crippen LogP contribution in [0.3, 0.4) is 0 Å².